The molecule has 0 aliphatic carbocycles. The lowest BCUT2D eigenvalue weighted by molar-refractivity contribution is -0.131. The van der Waals surface area contributed by atoms with Crippen LogP contribution >= 0.6 is 0 Å². The van der Waals surface area contributed by atoms with Gasteiger partial charge in [0.25, 0.3) is 0 Å². The number of aliphatic carboxylic acids is 1. The summed E-state index contributed by atoms with van der Waals surface area (Å²) in [6.45, 7) is 5.37. The Morgan fingerprint density at radius 2 is 2.16 bits per heavy atom. The zero-order valence-corrected chi connectivity index (χ0v) is 10.6. The van der Waals surface area contributed by atoms with Crippen molar-refractivity contribution < 1.29 is 14.7 Å². The number of anilines is 1. The summed E-state index contributed by atoms with van der Waals surface area (Å²) in [5.74, 6) is -1.02. The molecule has 0 aliphatic rings. The lowest BCUT2D eigenvalue weighted by Crippen LogP contribution is -2.34. The minimum absolute atomic E-state index is 0.130. The Labute approximate surface area is 111 Å². The molecule has 0 radical (unpaired) electrons. The first-order valence-corrected chi connectivity index (χ1v) is 5.72. The molecule has 5 nitrogen and oxygen atoms in total. The molecule has 1 aromatic rings. The van der Waals surface area contributed by atoms with Gasteiger partial charge in [-0.2, -0.15) is 0 Å². The quantitative estimate of drug-likeness (QED) is 0.562. The molecule has 2 amide bonds. The Kier molecular flexibility index (Phi) is 5.35. The molecule has 100 valence electrons. The van der Waals surface area contributed by atoms with E-state index in [9.17, 15) is 9.59 Å². The van der Waals surface area contributed by atoms with Crippen molar-refractivity contribution in [3.8, 4) is 0 Å². The van der Waals surface area contributed by atoms with Crippen LogP contribution in [-0.2, 0) is 4.79 Å². The molecule has 0 saturated carbocycles. The fraction of sp³-hybridized carbons (Fsp3) is 0.143. The fourth-order valence-corrected chi connectivity index (χ4v) is 1.32. The van der Waals surface area contributed by atoms with E-state index in [0.29, 0.717) is 11.3 Å². The second kappa shape index (κ2) is 7.00. The van der Waals surface area contributed by atoms with E-state index in [4.69, 9.17) is 5.11 Å². The number of amides is 2. The third kappa shape index (κ3) is 5.54. The van der Waals surface area contributed by atoms with Gasteiger partial charge in [-0.15, -0.1) is 6.58 Å². The lowest BCUT2D eigenvalue weighted by Gasteiger charge is -2.11. The van der Waals surface area contributed by atoms with Crippen LogP contribution < -0.4 is 10.6 Å². The minimum Gasteiger partial charge on any atom is -0.478 e. The van der Waals surface area contributed by atoms with Gasteiger partial charge in [-0.3, -0.25) is 0 Å². The number of carbonyl (C=O) groups excluding carboxylic acids is 1. The number of nitrogens with one attached hydrogen (secondary N) is 2. The van der Waals surface area contributed by atoms with Crippen LogP contribution in [0.25, 0.3) is 6.08 Å². The van der Waals surface area contributed by atoms with Gasteiger partial charge in [0.1, 0.15) is 0 Å². The van der Waals surface area contributed by atoms with Gasteiger partial charge >= 0.3 is 12.0 Å². The average molecular weight is 260 g/mol. The molecule has 0 heterocycles. The molecule has 0 bridgehead atoms. The van der Waals surface area contributed by atoms with Crippen LogP contribution in [0.15, 0.2) is 43.0 Å². The molecule has 0 fully saturated rings. The standard InChI is InChI=1S/C14H16N2O3/c1-3-10(2)15-14(19)16-12-6-4-5-11(9-12)7-8-13(17)18/h3-10H,1H2,2H3,(H,17,18)(H2,15,16,19)/b8-7+. The Balaban J connectivity index is 2.69. The number of carboxylic acid groups (broad SMARTS) is 1. The van der Waals surface area contributed by atoms with Crippen molar-refractivity contribution >= 4 is 23.8 Å². The molecule has 1 atom stereocenters. The number of benzene rings is 1. The highest BCUT2D eigenvalue weighted by atomic mass is 16.4. The molecule has 0 spiro atoms. The van der Waals surface area contributed by atoms with Gasteiger partial charge in [-0.05, 0) is 30.7 Å². The predicted molar refractivity (Wildman–Crippen MR) is 74.9 cm³/mol. The minimum atomic E-state index is -1.02. The summed E-state index contributed by atoms with van der Waals surface area (Å²) in [4.78, 5) is 22.0. The number of carboxylic acids is 1. The van der Waals surface area contributed by atoms with E-state index in [2.05, 4.69) is 17.2 Å². The van der Waals surface area contributed by atoms with Crippen LogP contribution in [0.5, 0.6) is 0 Å². The van der Waals surface area contributed by atoms with Crippen LogP contribution in [0.4, 0.5) is 10.5 Å². The SMILES string of the molecule is C=CC(C)NC(=O)Nc1cccc(/C=C/C(=O)O)c1. The second-order valence-electron chi connectivity index (χ2n) is 3.92. The van der Waals surface area contributed by atoms with E-state index < -0.39 is 5.97 Å². The fourth-order valence-electron chi connectivity index (χ4n) is 1.32. The van der Waals surface area contributed by atoms with Crippen molar-refractivity contribution in [2.75, 3.05) is 5.32 Å². The zero-order valence-electron chi connectivity index (χ0n) is 10.6. The van der Waals surface area contributed by atoms with Gasteiger partial charge in [0, 0.05) is 17.8 Å². The Morgan fingerprint density at radius 1 is 1.42 bits per heavy atom. The first-order valence-electron chi connectivity index (χ1n) is 5.72. The third-order valence-electron chi connectivity index (χ3n) is 2.28. The number of carbonyl (C=O) groups is 2. The Hall–Kier alpha value is -2.56. The van der Waals surface area contributed by atoms with Gasteiger partial charge in [-0.25, -0.2) is 9.59 Å². The van der Waals surface area contributed by atoms with Gasteiger partial charge in [0.2, 0.25) is 0 Å². The number of rotatable bonds is 5. The van der Waals surface area contributed by atoms with E-state index in [1.165, 1.54) is 6.08 Å². The zero-order chi connectivity index (χ0) is 14.3. The van der Waals surface area contributed by atoms with Gasteiger partial charge < -0.3 is 15.7 Å². The average Bonchev–Trinajstić information content (AvgIpc) is 2.36. The number of urea groups is 1. The maximum atomic E-state index is 11.6. The largest absolute Gasteiger partial charge is 0.478 e. The van der Waals surface area contributed by atoms with E-state index in [-0.39, 0.29) is 12.1 Å². The van der Waals surface area contributed by atoms with Crippen molar-refractivity contribution in [1.82, 2.24) is 5.32 Å². The predicted octanol–water partition coefficient (Wildman–Crippen LogP) is 2.48. The first kappa shape index (κ1) is 14.5. The monoisotopic (exact) mass is 260 g/mol. The Morgan fingerprint density at radius 3 is 2.79 bits per heavy atom. The number of hydrogen-bond acceptors (Lipinski definition) is 2. The van der Waals surface area contributed by atoms with Crippen molar-refractivity contribution in [2.45, 2.75) is 13.0 Å². The first-order chi connectivity index (χ1) is 9.01. The molecule has 0 saturated heterocycles. The van der Waals surface area contributed by atoms with Crippen molar-refractivity contribution in [3.05, 3.63) is 48.6 Å². The molecular formula is C14H16N2O3. The van der Waals surface area contributed by atoms with Gasteiger partial charge in [0.15, 0.2) is 0 Å². The summed E-state index contributed by atoms with van der Waals surface area (Å²) in [7, 11) is 0. The molecular weight excluding hydrogens is 244 g/mol. The van der Waals surface area contributed by atoms with Gasteiger partial charge in [-0.1, -0.05) is 18.2 Å². The molecule has 3 N–H and O–H groups in total. The van der Waals surface area contributed by atoms with Gasteiger partial charge in [0.05, 0.1) is 0 Å². The molecule has 0 aliphatic heterocycles. The summed E-state index contributed by atoms with van der Waals surface area (Å²) < 4.78 is 0. The van der Waals surface area contributed by atoms with Crippen LogP contribution in [0, 0.1) is 0 Å². The highest BCUT2D eigenvalue weighted by Gasteiger charge is 2.04. The summed E-state index contributed by atoms with van der Waals surface area (Å²) in [5, 5.41) is 13.9. The lowest BCUT2D eigenvalue weighted by atomic mass is 10.2. The van der Waals surface area contributed by atoms with Crippen molar-refractivity contribution in [1.29, 1.82) is 0 Å². The molecule has 1 aromatic carbocycles. The summed E-state index contributed by atoms with van der Waals surface area (Å²) in [6, 6.07) is 6.40. The third-order valence-corrected chi connectivity index (χ3v) is 2.28. The van der Waals surface area contributed by atoms with E-state index in [1.807, 2.05) is 0 Å². The highest BCUT2D eigenvalue weighted by Crippen LogP contribution is 2.11. The summed E-state index contributed by atoms with van der Waals surface area (Å²) >= 11 is 0. The molecule has 19 heavy (non-hydrogen) atoms. The topological polar surface area (TPSA) is 78.4 Å². The highest BCUT2D eigenvalue weighted by molar-refractivity contribution is 5.90. The summed E-state index contributed by atoms with van der Waals surface area (Å²) in [6.07, 6.45) is 4.11. The molecule has 0 aromatic heterocycles. The number of hydrogen-bond donors (Lipinski definition) is 3. The van der Waals surface area contributed by atoms with Crippen LogP contribution in [0.2, 0.25) is 0 Å². The van der Waals surface area contributed by atoms with Crippen LogP contribution in [-0.4, -0.2) is 23.1 Å². The molecule has 1 rings (SSSR count). The van der Waals surface area contributed by atoms with E-state index >= 15 is 0 Å². The van der Waals surface area contributed by atoms with Crippen molar-refractivity contribution in [3.63, 3.8) is 0 Å². The van der Waals surface area contributed by atoms with Crippen molar-refractivity contribution in [2.24, 2.45) is 0 Å². The van der Waals surface area contributed by atoms with Crippen LogP contribution in [0.3, 0.4) is 0 Å². The molecule has 1 unspecified atom stereocenters. The summed E-state index contributed by atoms with van der Waals surface area (Å²) in [5.41, 5.74) is 1.28. The maximum absolute atomic E-state index is 11.6. The smallest absolute Gasteiger partial charge is 0.328 e. The maximum Gasteiger partial charge on any atom is 0.328 e. The van der Waals surface area contributed by atoms with Crippen LogP contribution in [0.1, 0.15) is 12.5 Å². The Bertz CT molecular complexity index is 509. The molecule has 5 heteroatoms. The second-order valence-corrected chi connectivity index (χ2v) is 3.92. The van der Waals surface area contributed by atoms with E-state index in [1.54, 1.807) is 37.3 Å². The normalized spacial score (nSPS) is 11.8. The van der Waals surface area contributed by atoms with E-state index in [0.717, 1.165) is 6.08 Å².